The quantitative estimate of drug-likeness (QED) is 0.573. The minimum atomic E-state index is -4.70. The van der Waals surface area contributed by atoms with E-state index in [1.165, 1.54) is 6.07 Å². The first-order valence-corrected chi connectivity index (χ1v) is 8.91. The summed E-state index contributed by atoms with van der Waals surface area (Å²) in [5, 5.41) is 3.82. The molecule has 0 unspecified atom stereocenters. The molecule has 0 bridgehead atoms. The Bertz CT molecular complexity index is 1060. The molecular formula is C21H15ClF3NO3. The number of esters is 1. The number of amides is 1. The Balaban J connectivity index is 1.62. The summed E-state index contributed by atoms with van der Waals surface area (Å²) in [6.45, 7) is -0.705. The Morgan fingerprint density at radius 3 is 2.48 bits per heavy atom. The van der Waals surface area contributed by atoms with E-state index in [2.05, 4.69) is 5.32 Å². The highest BCUT2D eigenvalue weighted by Crippen LogP contribution is 2.36. The molecule has 1 amide bonds. The summed E-state index contributed by atoms with van der Waals surface area (Å²) < 4.78 is 44.1. The van der Waals surface area contributed by atoms with Crippen LogP contribution in [-0.4, -0.2) is 18.5 Å². The first kappa shape index (κ1) is 20.7. The van der Waals surface area contributed by atoms with Crippen molar-refractivity contribution in [3.05, 3.63) is 76.8 Å². The molecule has 0 aliphatic rings. The fourth-order valence-electron chi connectivity index (χ4n) is 2.85. The van der Waals surface area contributed by atoms with Gasteiger partial charge in [0.2, 0.25) is 0 Å². The number of benzene rings is 3. The van der Waals surface area contributed by atoms with Crippen molar-refractivity contribution in [3.63, 3.8) is 0 Å². The Morgan fingerprint density at radius 1 is 1.00 bits per heavy atom. The number of carbonyl (C=O) groups is 2. The third kappa shape index (κ3) is 5.26. The van der Waals surface area contributed by atoms with E-state index < -0.39 is 35.9 Å². The second kappa shape index (κ2) is 8.53. The second-order valence-electron chi connectivity index (χ2n) is 6.21. The molecule has 4 nitrogen and oxygen atoms in total. The lowest BCUT2D eigenvalue weighted by Gasteiger charge is -2.14. The van der Waals surface area contributed by atoms with E-state index in [9.17, 15) is 22.8 Å². The highest BCUT2D eigenvalue weighted by atomic mass is 35.5. The number of carbonyl (C=O) groups excluding carboxylic acids is 2. The molecule has 0 saturated carbocycles. The highest BCUT2D eigenvalue weighted by Gasteiger charge is 2.34. The summed E-state index contributed by atoms with van der Waals surface area (Å²) in [4.78, 5) is 24.0. The van der Waals surface area contributed by atoms with Crippen LogP contribution in [0.25, 0.3) is 10.8 Å². The van der Waals surface area contributed by atoms with Crippen LogP contribution in [0.15, 0.2) is 60.7 Å². The molecule has 0 spiro atoms. The first-order chi connectivity index (χ1) is 13.7. The van der Waals surface area contributed by atoms with Gasteiger partial charge in [-0.15, -0.1) is 0 Å². The summed E-state index contributed by atoms with van der Waals surface area (Å²) >= 11 is 5.60. The van der Waals surface area contributed by atoms with Gasteiger partial charge in [-0.2, -0.15) is 13.2 Å². The van der Waals surface area contributed by atoms with Crippen molar-refractivity contribution >= 4 is 39.9 Å². The first-order valence-electron chi connectivity index (χ1n) is 8.53. The van der Waals surface area contributed by atoms with Crippen molar-refractivity contribution in [1.82, 2.24) is 0 Å². The van der Waals surface area contributed by atoms with Crippen LogP contribution >= 0.6 is 11.6 Å². The van der Waals surface area contributed by atoms with Gasteiger partial charge in [-0.05, 0) is 34.5 Å². The molecule has 3 aromatic carbocycles. The zero-order valence-corrected chi connectivity index (χ0v) is 15.7. The normalized spacial score (nSPS) is 11.3. The summed E-state index contributed by atoms with van der Waals surface area (Å²) in [6.07, 6.45) is -4.76. The van der Waals surface area contributed by atoms with Crippen molar-refractivity contribution in [2.24, 2.45) is 0 Å². The van der Waals surface area contributed by atoms with Gasteiger partial charge in [0, 0.05) is 5.02 Å². The molecule has 0 aromatic heterocycles. The molecule has 0 heterocycles. The standard InChI is InChI=1S/C21H15ClF3NO3/c22-15-8-9-18(17(11-15)21(23,24)25)26-19(27)12-29-20(28)10-14-6-3-5-13-4-1-2-7-16(13)14/h1-9,11H,10,12H2,(H,26,27). The van der Waals surface area contributed by atoms with E-state index in [1.807, 2.05) is 30.3 Å². The summed E-state index contributed by atoms with van der Waals surface area (Å²) in [5.74, 6) is -1.55. The average Bonchev–Trinajstić information content (AvgIpc) is 2.67. The van der Waals surface area contributed by atoms with Crippen molar-refractivity contribution in [3.8, 4) is 0 Å². The van der Waals surface area contributed by atoms with E-state index in [-0.39, 0.29) is 11.4 Å². The molecule has 0 aliphatic carbocycles. The Hall–Kier alpha value is -3.06. The molecule has 3 aromatic rings. The van der Waals surface area contributed by atoms with Crippen LogP contribution in [0.4, 0.5) is 18.9 Å². The highest BCUT2D eigenvalue weighted by molar-refractivity contribution is 6.30. The van der Waals surface area contributed by atoms with Gasteiger partial charge >= 0.3 is 12.1 Å². The van der Waals surface area contributed by atoms with Crippen LogP contribution in [-0.2, 0) is 26.9 Å². The molecule has 0 aliphatic heterocycles. The van der Waals surface area contributed by atoms with Gasteiger partial charge in [0.15, 0.2) is 6.61 Å². The maximum atomic E-state index is 13.1. The summed E-state index contributed by atoms with van der Waals surface area (Å²) in [5.41, 5.74) is -0.817. The number of nitrogens with one attached hydrogen (secondary N) is 1. The van der Waals surface area contributed by atoms with Gasteiger partial charge in [0.05, 0.1) is 17.7 Å². The Morgan fingerprint density at radius 2 is 1.72 bits per heavy atom. The molecular weight excluding hydrogens is 407 g/mol. The van der Waals surface area contributed by atoms with Crippen molar-refractivity contribution in [1.29, 1.82) is 0 Å². The van der Waals surface area contributed by atoms with Gasteiger partial charge in [-0.1, -0.05) is 54.1 Å². The summed E-state index contributed by atoms with van der Waals surface area (Å²) in [6, 6.07) is 15.9. The molecule has 0 radical (unpaired) electrons. The van der Waals surface area contributed by atoms with Crippen molar-refractivity contribution < 1.29 is 27.5 Å². The number of alkyl halides is 3. The van der Waals surface area contributed by atoms with Gasteiger partial charge in [-0.25, -0.2) is 0 Å². The smallest absolute Gasteiger partial charge is 0.418 e. The topological polar surface area (TPSA) is 55.4 Å². The third-order valence-electron chi connectivity index (χ3n) is 4.14. The van der Waals surface area contributed by atoms with Crippen LogP contribution < -0.4 is 5.32 Å². The predicted octanol–water partition coefficient (Wildman–Crippen LogP) is 5.24. The van der Waals surface area contributed by atoms with E-state index in [0.717, 1.165) is 22.4 Å². The minimum Gasteiger partial charge on any atom is -0.455 e. The van der Waals surface area contributed by atoms with Crippen LogP contribution in [0.3, 0.4) is 0 Å². The zero-order valence-electron chi connectivity index (χ0n) is 14.9. The molecule has 1 N–H and O–H groups in total. The van der Waals surface area contributed by atoms with E-state index in [4.69, 9.17) is 16.3 Å². The number of anilines is 1. The molecule has 8 heteroatoms. The Kier molecular flexibility index (Phi) is 6.08. The predicted molar refractivity (Wildman–Crippen MR) is 104 cm³/mol. The lowest BCUT2D eigenvalue weighted by atomic mass is 10.0. The second-order valence-corrected chi connectivity index (χ2v) is 6.65. The monoisotopic (exact) mass is 421 g/mol. The van der Waals surface area contributed by atoms with Crippen molar-refractivity contribution in [2.75, 3.05) is 11.9 Å². The maximum absolute atomic E-state index is 13.1. The molecule has 29 heavy (non-hydrogen) atoms. The van der Waals surface area contributed by atoms with E-state index in [0.29, 0.717) is 6.07 Å². The molecule has 0 atom stereocenters. The average molecular weight is 422 g/mol. The molecule has 0 saturated heterocycles. The number of hydrogen-bond acceptors (Lipinski definition) is 3. The van der Waals surface area contributed by atoms with Crippen LogP contribution in [0, 0.1) is 0 Å². The fraction of sp³-hybridized carbons (Fsp3) is 0.143. The number of hydrogen-bond donors (Lipinski definition) is 1. The Labute approximate surface area is 169 Å². The van der Waals surface area contributed by atoms with Crippen LogP contribution in [0.2, 0.25) is 5.02 Å². The number of fused-ring (bicyclic) bond motifs is 1. The number of rotatable bonds is 5. The summed E-state index contributed by atoms with van der Waals surface area (Å²) in [7, 11) is 0. The fourth-order valence-corrected chi connectivity index (χ4v) is 3.02. The van der Waals surface area contributed by atoms with Gasteiger partial charge in [0.25, 0.3) is 5.91 Å². The van der Waals surface area contributed by atoms with Crippen molar-refractivity contribution in [2.45, 2.75) is 12.6 Å². The van der Waals surface area contributed by atoms with Crippen LogP contribution in [0.1, 0.15) is 11.1 Å². The molecule has 150 valence electrons. The molecule has 0 fully saturated rings. The third-order valence-corrected chi connectivity index (χ3v) is 4.38. The maximum Gasteiger partial charge on any atom is 0.418 e. The largest absolute Gasteiger partial charge is 0.455 e. The number of halogens is 4. The van der Waals surface area contributed by atoms with Gasteiger partial charge in [-0.3, -0.25) is 9.59 Å². The van der Waals surface area contributed by atoms with E-state index >= 15 is 0 Å². The van der Waals surface area contributed by atoms with Gasteiger partial charge < -0.3 is 10.1 Å². The lowest BCUT2D eigenvalue weighted by molar-refractivity contribution is -0.146. The lowest BCUT2D eigenvalue weighted by Crippen LogP contribution is -2.23. The number of ether oxygens (including phenoxy) is 1. The zero-order chi connectivity index (χ0) is 21.0. The molecule has 3 rings (SSSR count). The van der Waals surface area contributed by atoms with E-state index in [1.54, 1.807) is 12.1 Å². The van der Waals surface area contributed by atoms with Crippen LogP contribution in [0.5, 0.6) is 0 Å². The van der Waals surface area contributed by atoms with Gasteiger partial charge in [0.1, 0.15) is 0 Å². The minimum absolute atomic E-state index is 0.0661. The SMILES string of the molecule is O=C(COC(=O)Cc1cccc2ccccc12)Nc1ccc(Cl)cc1C(F)(F)F.